The van der Waals surface area contributed by atoms with Gasteiger partial charge in [-0.2, -0.15) is 0 Å². The van der Waals surface area contributed by atoms with E-state index >= 15 is 0 Å². The van der Waals surface area contributed by atoms with Crippen molar-refractivity contribution in [1.29, 1.82) is 0 Å². The molecular formula is C16H29ClN2S. The summed E-state index contributed by atoms with van der Waals surface area (Å²) in [5, 5.41) is 3.31. The van der Waals surface area contributed by atoms with Crippen LogP contribution in [0.2, 0.25) is 0 Å². The average molecular weight is 317 g/mol. The number of hydrogen-bond acceptors (Lipinski definition) is 3. The van der Waals surface area contributed by atoms with Crippen LogP contribution in [0.5, 0.6) is 0 Å². The van der Waals surface area contributed by atoms with Crippen molar-refractivity contribution < 1.29 is 0 Å². The molecule has 0 radical (unpaired) electrons. The number of unbranched alkanes of at least 4 members (excludes halogenated alkanes) is 1. The average Bonchev–Trinajstić information content (AvgIpc) is 2.81. The van der Waals surface area contributed by atoms with Crippen LogP contribution in [-0.2, 0) is 12.3 Å². The van der Waals surface area contributed by atoms with Gasteiger partial charge in [0.05, 0.1) is 16.6 Å². The molecule has 2 nitrogen and oxygen atoms in total. The van der Waals surface area contributed by atoms with E-state index in [-0.39, 0.29) is 0 Å². The van der Waals surface area contributed by atoms with Crippen LogP contribution in [0.15, 0.2) is 5.38 Å². The third kappa shape index (κ3) is 7.61. The van der Waals surface area contributed by atoms with Crippen molar-refractivity contribution in [1.82, 2.24) is 9.88 Å². The minimum Gasteiger partial charge on any atom is -0.303 e. The molecule has 1 heterocycles. The summed E-state index contributed by atoms with van der Waals surface area (Å²) in [7, 11) is 0. The Kier molecular flexibility index (Phi) is 8.74. The summed E-state index contributed by atoms with van der Waals surface area (Å²) >= 11 is 7.52. The largest absolute Gasteiger partial charge is 0.303 e. The molecule has 0 bridgehead atoms. The van der Waals surface area contributed by atoms with Crippen molar-refractivity contribution in [2.75, 3.05) is 19.6 Å². The van der Waals surface area contributed by atoms with Crippen LogP contribution >= 0.6 is 22.9 Å². The van der Waals surface area contributed by atoms with Gasteiger partial charge in [0.15, 0.2) is 0 Å². The molecule has 0 unspecified atom stereocenters. The molecule has 0 amide bonds. The molecule has 1 rings (SSSR count). The molecule has 4 heteroatoms. The van der Waals surface area contributed by atoms with Gasteiger partial charge in [-0.3, -0.25) is 0 Å². The Morgan fingerprint density at radius 2 is 1.80 bits per heavy atom. The maximum Gasteiger partial charge on any atom is 0.0928 e. The van der Waals surface area contributed by atoms with E-state index in [2.05, 4.69) is 43.0 Å². The molecule has 0 saturated heterocycles. The zero-order chi connectivity index (χ0) is 15.0. The number of aryl methyl sites for hydroxylation is 1. The molecule has 116 valence electrons. The second-order valence-corrected chi connectivity index (χ2v) is 7.58. The van der Waals surface area contributed by atoms with Crippen LogP contribution in [0, 0.1) is 11.8 Å². The van der Waals surface area contributed by atoms with Gasteiger partial charge >= 0.3 is 0 Å². The summed E-state index contributed by atoms with van der Waals surface area (Å²) in [6.45, 7) is 12.8. The maximum absolute atomic E-state index is 5.78. The Labute approximate surface area is 133 Å². The zero-order valence-electron chi connectivity index (χ0n) is 13.4. The van der Waals surface area contributed by atoms with E-state index in [0.29, 0.717) is 5.88 Å². The molecule has 1 aromatic heterocycles. The van der Waals surface area contributed by atoms with E-state index in [1.165, 1.54) is 37.5 Å². The van der Waals surface area contributed by atoms with Gasteiger partial charge in [0.25, 0.3) is 0 Å². The van der Waals surface area contributed by atoms with E-state index in [1.54, 1.807) is 11.3 Å². The van der Waals surface area contributed by atoms with Gasteiger partial charge in [-0.15, -0.1) is 22.9 Å². The van der Waals surface area contributed by atoms with Crippen molar-refractivity contribution >= 4 is 22.9 Å². The topological polar surface area (TPSA) is 16.1 Å². The van der Waals surface area contributed by atoms with Crippen LogP contribution in [0.25, 0.3) is 0 Å². The molecule has 0 N–H and O–H groups in total. The Bertz CT molecular complexity index is 353. The molecule has 0 aliphatic heterocycles. The predicted octanol–water partition coefficient (Wildman–Crippen LogP) is 4.82. The summed E-state index contributed by atoms with van der Waals surface area (Å²) in [4.78, 5) is 7.13. The fourth-order valence-electron chi connectivity index (χ4n) is 2.43. The fourth-order valence-corrected chi connectivity index (χ4v) is 3.50. The second-order valence-electron chi connectivity index (χ2n) is 6.37. The first-order valence-electron chi connectivity index (χ1n) is 7.72. The number of thiazole rings is 1. The molecule has 0 aromatic carbocycles. The highest BCUT2D eigenvalue weighted by molar-refractivity contribution is 7.09. The highest BCUT2D eigenvalue weighted by Crippen LogP contribution is 2.14. The number of hydrogen-bond donors (Lipinski definition) is 0. The Balaban J connectivity index is 2.25. The van der Waals surface area contributed by atoms with E-state index in [1.807, 2.05) is 0 Å². The van der Waals surface area contributed by atoms with Crippen molar-refractivity contribution in [2.45, 2.75) is 52.8 Å². The van der Waals surface area contributed by atoms with Crippen LogP contribution in [0.4, 0.5) is 0 Å². The molecule has 20 heavy (non-hydrogen) atoms. The molecule has 0 fully saturated rings. The smallest absolute Gasteiger partial charge is 0.0928 e. The summed E-state index contributed by atoms with van der Waals surface area (Å²) in [5.74, 6) is 2.03. The Morgan fingerprint density at radius 1 is 1.15 bits per heavy atom. The SMILES string of the molecule is CC(C)CN(CCCCc1nc(CCl)cs1)CC(C)C. The lowest BCUT2D eigenvalue weighted by molar-refractivity contribution is 0.215. The number of nitrogens with zero attached hydrogens (tertiary/aromatic N) is 2. The lowest BCUT2D eigenvalue weighted by Crippen LogP contribution is -2.32. The van der Waals surface area contributed by atoms with E-state index in [9.17, 15) is 0 Å². The number of alkyl halides is 1. The second kappa shape index (κ2) is 9.75. The van der Waals surface area contributed by atoms with Crippen LogP contribution in [0.3, 0.4) is 0 Å². The minimum absolute atomic E-state index is 0.535. The van der Waals surface area contributed by atoms with Crippen molar-refractivity contribution in [2.24, 2.45) is 11.8 Å². The lowest BCUT2D eigenvalue weighted by atomic mass is 10.1. The monoisotopic (exact) mass is 316 g/mol. The minimum atomic E-state index is 0.535. The first-order chi connectivity index (χ1) is 9.51. The van der Waals surface area contributed by atoms with Crippen molar-refractivity contribution in [3.05, 3.63) is 16.1 Å². The summed E-state index contributed by atoms with van der Waals surface area (Å²) in [6.07, 6.45) is 3.58. The van der Waals surface area contributed by atoms with Crippen molar-refractivity contribution in [3.63, 3.8) is 0 Å². The zero-order valence-corrected chi connectivity index (χ0v) is 14.9. The maximum atomic E-state index is 5.78. The first-order valence-corrected chi connectivity index (χ1v) is 9.14. The first kappa shape index (κ1) is 17.9. The summed E-state index contributed by atoms with van der Waals surface area (Å²) in [5.41, 5.74) is 1.02. The van der Waals surface area contributed by atoms with Gasteiger partial charge in [0.2, 0.25) is 0 Å². The third-order valence-corrected chi connectivity index (χ3v) is 4.33. The van der Waals surface area contributed by atoms with Crippen LogP contribution in [0.1, 0.15) is 51.2 Å². The molecular weight excluding hydrogens is 288 g/mol. The molecule has 0 saturated carbocycles. The molecule has 1 aromatic rings. The molecule has 0 aliphatic carbocycles. The highest BCUT2D eigenvalue weighted by atomic mass is 35.5. The fraction of sp³-hybridized carbons (Fsp3) is 0.812. The summed E-state index contributed by atoms with van der Waals surface area (Å²) in [6, 6.07) is 0. The lowest BCUT2D eigenvalue weighted by Gasteiger charge is -2.26. The quantitative estimate of drug-likeness (QED) is 0.454. The normalized spacial score (nSPS) is 12.0. The van der Waals surface area contributed by atoms with Gasteiger partial charge < -0.3 is 4.90 Å². The van der Waals surface area contributed by atoms with Crippen molar-refractivity contribution in [3.8, 4) is 0 Å². The van der Waals surface area contributed by atoms with E-state index in [0.717, 1.165) is 24.0 Å². The molecule has 0 spiro atoms. The Morgan fingerprint density at radius 3 is 2.30 bits per heavy atom. The Hall–Kier alpha value is -0.120. The number of rotatable bonds is 10. The van der Waals surface area contributed by atoms with Gasteiger partial charge in [-0.05, 0) is 37.6 Å². The molecule has 0 aliphatic rings. The standard InChI is InChI=1S/C16H29ClN2S/c1-13(2)10-19(11-14(3)4)8-6-5-7-16-18-15(9-17)12-20-16/h12-14H,5-11H2,1-4H3. The van der Waals surface area contributed by atoms with E-state index in [4.69, 9.17) is 11.6 Å². The van der Waals surface area contributed by atoms with Gasteiger partial charge in [-0.25, -0.2) is 4.98 Å². The van der Waals surface area contributed by atoms with Crippen LogP contribution < -0.4 is 0 Å². The number of halogens is 1. The highest BCUT2D eigenvalue weighted by Gasteiger charge is 2.09. The molecule has 0 atom stereocenters. The van der Waals surface area contributed by atoms with E-state index < -0.39 is 0 Å². The number of aromatic nitrogens is 1. The third-order valence-electron chi connectivity index (χ3n) is 3.10. The van der Waals surface area contributed by atoms with Gasteiger partial charge in [0, 0.05) is 18.5 Å². The van der Waals surface area contributed by atoms with Crippen LogP contribution in [-0.4, -0.2) is 29.5 Å². The summed E-state index contributed by atoms with van der Waals surface area (Å²) < 4.78 is 0. The van der Waals surface area contributed by atoms with Gasteiger partial charge in [0.1, 0.15) is 0 Å². The predicted molar refractivity (Wildman–Crippen MR) is 90.7 cm³/mol. The van der Waals surface area contributed by atoms with Gasteiger partial charge in [-0.1, -0.05) is 27.7 Å².